The van der Waals surface area contributed by atoms with Crippen LogP contribution in [-0.4, -0.2) is 61.4 Å². The first kappa shape index (κ1) is 17.0. The molecular weight excluding hydrogens is 322 g/mol. The summed E-state index contributed by atoms with van der Waals surface area (Å²) in [6.07, 6.45) is 1.49. The Balaban J connectivity index is 1.48. The Morgan fingerprint density at radius 2 is 1.96 bits per heavy atom. The number of carbonyl (C=O) groups excluding carboxylic acids is 2. The van der Waals surface area contributed by atoms with Crippen LogP contribution in [0.2, 0.25) is 0 Å². The number of ether oxygens (including phenoxy) is 1. The normalized spacial score (nSPS) is 15.0. The number of hydrogen-bond acceptors (Lipinski definition) is 5. The molecule has 7 heteroatoms. The molecule has 2 aromatic rings. The number of urea groups is 1. The van der Waals surface area contributed by atoms with Crippen LogP contribution in [0.5, 0.6) is 5.75 Å². The lowest BCUT2D eigenvalue weighted by Gasteiger charge is -2.34. The van der Waals surface area contributed by atoms with Crippen LogP contribution < -0.4 is 10.1 Å². The van der Waals surface area contributed by atoms with E-state index in [1.54, 1.807) is 30.2 Å². The quantitative estimate of drug-likeness (QED) is 0.843. The third-order valence-corrected chi connectivity index (χ3v) is 4.14. The van der Waals surface area contributed by atoms with Crippen LogP contribution in [0, 0.1) is 0 Å². The maximum Gasteiger partial charge on any atom is 0.321 e. The minimum absolute atomic E-state index is 0.0423. The summed E-state index contributed by atoms with van der Waals surface area (Å²) in [7, 11) is 1.59. The van der Waals surface area contributed by atoms with E-state index in [-0.39, 0.29) is 11.8 Å². The number of rotatable bonds is 5. The topological polar surface area (TPSA) is 75.0 Å². The largest absolute Gasteiger partial charge is 0.497 e. The summed E-state index contributed by atoms with van der Waals surface area (Å²) < 4.78 is 10.3. The van der Waals surface area contributed by atoms with Gasteiger partial charge in [0.1, 0.15) is 5.75 Å². The Labute approximate surface area is 146 Å². The number of anilines is 1. The van der Waals surface area contributed by atoms with Crippen molar-refractivity contribution in [3.05, 3.63) is 48.4 Å². The lowest BCUT2D eigenvalue weighted by atomic mass is 10.2. The molecule has 7 nitrogen and oxygen atoms in total. The fraction of sp³-hybridized carbons (Fsp3) is 0.333. The van der Waals surface area contributed by atoms with Crippen molar-refractivity contribution in [2.24, 2.45) is 0 Å². The molecule has 132 valence electrons. The summed E-state index contributed by atoms with van der Waals surface area (Å²) >= 11 is 0. The third kappa shape index (κ3) is 4.39. The van der Waals surface area contributed by atoms with Gasteiger partial charge >= 0.3 is 6.03 Å². The Bertz CT molecular complexity index is 722. The molecule has 1 aliphatic heterocycles. The first-order valence-corrected chi connectivity index (χ1v) is 8.15. The number of ketones is 1. The van der Waals surface area contributed by atoms with Gasteiger partial charge in [-0.25, -0.2) is 4.79 Å². The van der Waals surface area contributed by atoms with Crippen LogP contribution in [0.4, 0.5) is 10.5 Å². The zero-order chi connectivity index (χ0) is 17.6. The smallest absolute Gasteiger partial charge is 0.321 e. The fourth-order valence-electron chi connectivity index (χ4n) is 2.73. The highest BCUT2D eigenvalue weighted by Crippen LogP contribution is 2.17. The number of methoxy groups -OCH3 is 1. The molecule has 1 aromatic carbocycles. The van der Waals surface area contributed by atoms with Gasteiger partial charge in [-0.15, -0.1) is 0 Å². The van der Waals surface area contributed by atoms with Gasteiger partial charge in [-0.05, 0) is 24.3 Å². The van der Waals surface area contributed by atoms with Crippen molar-refractivity contribution in [1.82, 2.24) is 9.80 Å². The molecule has 2 amide bonds. The fourth-order valence-corrected chi connectivity index (χ4v) is 2.73. The molecule has 0 spiro atoms. The Hall–Kier alpha value is -2.80. The molecule has 1 N–H and O–H groups in total. The summed E-state index contributed by atoms with van der Waals surface area (Å²) in [5.41, 5.74) is 0.694. The summed E-state index contributed by atoms with van der Waals surface area (Å²) in [4.78, 5) is 28.2. The van der Waals surface area contributed by atoms with Gasteiger partial charge in [0.05, 0.1) is 19.9 Å². The molecule has 0 unspecified atom stereocenters. The zero-order valence-corrected chi connectivity index (χ0v) is 14.1. The van der Waals surface area contributed by atoms with Crippen molar-refractivity contribution in [2.45, 2.75) is 0 Å². The molecule has 1 fully saturated rings. The van der Waals surface area contributed by atoms with E-state index >= 15 is 0 Å². The Morgan fingerprint density at radius 3 is 2.64 bits per heavy atom. The molecule has 0 aliphatic carbocycles. The number of piperazine rings is 1. The van der Waals surface area contributed by atoms with Gasteiger partial charge in [-0.1, -0.05) is 6.07 Å². The van der Waals surface area contributed by atoms with Gasteiger partial charge < -0.3 is 19.4 Å². The van der Waals surface area contributed by atoms with E-state index < -0.39 is 0 Å². The monoisotopic (exact) mass is 343 g/mol. The molecule has 0 atom stereocenters. The molecule has 25 heavy (non-hydrogen) atoms. The van der Waals surface area contributed by atoms with Crippen molar-refractivity contribution in [2.75, 3.05) is 45.2 Å². The SMILES string of the molecule is COc1cccc(NC(=O)N2CCN(CC(=O)c3ccco3)CC2)c1. The predicted octanol–water partition coefficient (Wildman–Crippen LogP) is 2.32. The third-order valence-electron chi connectivity index (χ3n) is 4.14. The standard InChI is InChI=1S/C18H21N3O4/c1-24-15-5-2-4-14(12-15)19-18(23)21-9-7-20(8-10-21)13-16(22)17-6-3-11-25-17/h2-6,11-12H,7-10,13H2,1H3,(H,19,23). The summed E-state index contributed by atoms with van der Waals surface area (Å²) in [6, 6.07) is 10.5. The number of amides is 2. The second kappa shape index (κ2) is 7.85. The van der Waals surface area contributed by atoms with Crippen molar-refractivity contribution in [3.8, 4) is 5.75 Å². The summed E-state index contributed by atoms with van der Waals surface area (Å²) in [5.74, 6) is 1.02. The van der Waals surface area contributed by atoms with Crippen LogP contribution in [0.25, 0.3) is 0 Å². The Kier molecular flexibility index (Phi) is 5.35. The highest BCUT2D eigenvalue weighted by Gasteiger charge is 2.23. The average molecular weight is 343 g/mol. The second-order valence-electron chi connectivity index (χ2n) is 5.83. The van der Waals surface area contributed by atoms with Crippen molar-refractivity contribution in [1.29, 1.82) is 0 Å². The minimum atomic E-state index is -0.148. The van der Waals surface area contributed by atoms with Crippen LogP contribution in [-0.2, 0) is 0 Å². The van der Waals surface area contributed by atoms with Gasteiger partial charge in [0, 0.05) is 37.9 Å². The lowest BCUT2D eigenvalue weighted by Crippen LogP contribution is -2.51. The lowest BCUT2D eigenvalue weighted by molar-refractivity contribution is 0.0857. The number of furan rings is 1. The highest BCUT2D eigenvalue weighted by atomic mass is 16.5. The first-order valence-electron chi connectivity index (χ1n) is 8.15. The second-order valence-corrected chi connectivity index (χ2v) is 5.83. The van der Waals surface area contributed by atoms with Crippen LogP contribution in [0.1, 0.15) is 10.6 Å². The highest BCUT2D eigenvalue weighted by molar-refractivity contribution is 5.95. The zero-order valence-electron chi connectivity index (χ0n) is 14.1. The molecule has 3 rings (SSSR count). The molecule has 2 heterocycles. The Morgan fingerprint density at radius 1 is 1.16 bits per heavy atom. The minimum Gasteiger partial charge on any atom is -0.497 e. The predicted molar refractivity (Wildman–Crippen MR) is 93.1 cm³/mol. The van der Waals surface area contributed by atoms with Crippen LogP contribution >= 0.6 is 0 Å². The number of nitrogens with one attached hydrogen (secondary N) is 1. The van der Waals surface area contributed by atoms with Gasteiger partial charge in [0.15, 0.2) is 5.76 Å². The van der Waals surface area contributed by atoms with E-state index in [0.717, 1.165) is 0 Å². The van der Waals surface area contributed by atoms with Crippen molar-refractivity contribution < 1.29 is 18.7 Å². The van der Waals surface area contributed by atoms with Gasteiger partial charge in [-0.3, -0.25) is 9.69 Å². The van der Waals surface area contributed by atoms with Gasteiger partial charge in [0.25, 0.3) is 0 Å². The molecule has 1 saturated heterocycles. The van der Waals surface area contributed by atoms with Crippen LogP contribution in [0.15, 0.2) is 47.1 Å². The van der Waals surface area contributed by atoms with E-state index in [2.05, 4.69) is 5.32 Å². The number of Topliss-reactive ketones (excluding diaryl/α,β-unsaturated/α-hetero) is 1. The van der Waals surface area contributed by atoms with Gasteiger partial charge in [0.2, 0.25) is 5.78 Å². The van der Waals surface area contributed by atoms with Crippen molar-refractivity contribution in [3.63, 3.8) is 0 Å². The molecule has 1 aromatic heterocycles. The van der Waals surface area contributed by atoms with Crippen LogP contribution in [0.3, 0.4) is 0 Å². The van der Waals surface area contributed by atoms with E-state index in [0.29, 0.717) is 49.9 Å². The number of hydrogen-bond donors (Lipinski definition) is 1. The summed E-state index contributed by atoms with van der Waals surface area (Å²) in [6.45, 7) is 2.75. The van der Waals surface area contributed by atoms with Gasteiger partial charge in [-0.2, -0.15) is 0 Å². The van der Waals surface area contributed by atoms with Crippen molar-refractivity contribution >= 4 is 17.5 Å². The number of benzene rings is 1. The maximum atomic E-state index is 12.4. The molecule has 1 aliphatic rings. The van der Waals surface area contributed by atoms with E-state index in [1.165, 1.54) is 6.26 Å². The maximum absolute atomic E-state index is 12.4. The molecule has 0 saturated carbocycles. The first-order chi connectivity index (χ1) is 12.2. The number of nitrogens with zero attached hydrogens (tertiary/aromatic N) is 2. The molecular formula is C18H21N3O4. The summed E-state index contributed by atoms with van der Waals surface area (Å²) in [5, 5.41) is 2.87. The average Bonchev–Trinajstić information content (AvgIpc) is 3.17. The van der Waals surface area contributed by atoms with E-state index in [1.807, 2.05) is 23.1 Å². The number of carbonyl (C=O) groups is 2. The van der Waals surface area contributed by atoms with E-state index in [4.69, 9.17) is 9.15 Å². The van der Waals surface area contributed by atoms with E-state index in [9.17, 15) is 9.59 Å². The molecule has 0 bridgehead atoms. The molecule has 0 radical (unpaired) electrons.